The normalized spacial score (nSPS) is 10.5. The molecule has 0 unspecified atom stereocenters. The average molecular weight is 358 g/mol. The molecule has 0 N–H and O–H groups in total. The van der Waals surface area contributed by atoms with Crippen molar-refractivity contribution < 1.29 is 14.3 Å². The molecule has 0 aliphatic heterocycles. The zero-order valence-electron chi connectivity index (χ0n) is 12.5. The van der Waals surface area contributed by atoms with Gasteiger partial charge in [-0.25, -0.2) is 0 Å². The van der Waals surface area contributed by atoms with Crippen LogP contribution >= 0.6 is 15.9 Å². The maximum absolute atomic E-state index is 12.5. The summed E-state index contributed by atoms with van der Waals surface area (Å²) >= 11 is 3.30. The summed E-state index contributed by atoms with van der Waals surface area (Å²) in [7, 11) is 5.21. The lowest BCUT2D eigenvalue weighted by atomic mass is 10.2. The summed E-state index contributed by atoms with van der Waals surface area (Å²) in [5.41, 5.74) is 0.494. The van der Waals surface area contributed by atoms with Crippen LogP contribution in [0.2, 0.25) is 0 Å². The number of ether oxygens (including phenoxy) is 1. The predicted molar refractivity (Wildman–Crippen MR) is 83.0 cm³/mol. The second-order valence-corrected chi connectivity index (χ2v) is 5.73. The van der Waals surface area contributed by atoms with Crippen LogP contribution in [-0.2, 0) is 9.53 Å². The SMILES string of the molecule is COC(=O)CCN(CCN(C)C)C(=O)c1cncc(Br)c1. The van der Waals surface area contributed by atoms with Crippen molar-refractivity contribution in [1.82, 2.24) is 14.8 Å². The summed E-state index contributed by atoms with van der Waals surface area (Å²) in [6.07, 6.45) is 3.32. The van der Waals surface area contributed by atoms with Gasteiger partial charge in [0.2, 0.25) is 0 Å². The zero-order valence-corrected chi connectivity index (χ0v) is 14.1. The molecular formula is C14H20BrN3O3. The number of halogens is 1. The van der Waals surface area contributed by atoms with E-state index in [2.05, 4.69) is 25.7 Å². The highest BCUT2D eigenvalue weighted by Gasteiger charge is 2.17. The van der Waals surface area contributed by atoms with Crippen molar-refractivity contribution in [2.75, 3.05) is 40.8 Å². The van der Waals surface area contributed by atoms with Crippen LogP contribution in [0.1, 0.15) is 16.8 Å². The van der Waals surface area contributed by atoms with E-state index >= 15 is 0 Å². The van der Waals surface area contributed by atoms with Crippen LogP contribution in [0.15, 0.2) is 22.9 Å². The molecule has 116 valence electrons. The number of aromatic nitrogens is 1. The maximum Gasteiger partial charge on any atom is 0.307 e. The molecule has 1 heterocycles. The van der Waals surface area contributed by atoms with Gasteiger partial charge in [0.1, 0.15) is 0 Å². The highest BCUT2D eigenvalue weighted by Crippen LogP contribution is 2.12. The summed E-state index contributed by atoms with van der Waals surface area (Å²) < 4.78 is 5.37. The van der Waals surface area contributed by atoms with Crippen LogP contribution in [0, 0.1) is 0 Å². The summed E-state index contributed by atoms with van der Waals surface area (Å²) in [4.78, 5) is 31.4. The van der Waals surface area contributed by atoms with Crippen molar-refractivity contribution in [3.8, 4) is 0 Å². The molecule has 0 atom stereocenters. The van der Waals surface area contributed by atoms with E-state index in [1.165, 1.54) is 13.3 Å². The molecule has 1 aromatic rings. The zero-order chi connectivity index (χ0) is 15.8. The summed E-state index contributed by atoms with van der Waals surface area (Å²) in [5.74, 6) is -0.473. The monoisotopic (exact) mass is 357 g/mol. The van der Waals surface area contributed by atoms with Crippen molar-refractivity contribution >= 4 is 27.8 Å². The highest BCUT2D eigenvalue weighted by molar-refractivity contribution is 9.10. The Morgan fingerprint density at radius 2 is 1.95 bits per heavy atom. The second kappa shape index (κ2) is 8.74. The minimum atomic E-state index is -0.329. The lowest BCUT2D eigenvalue weighted by Gasteiger charge is -2.24. The average Bonchev–Trinajstić information content (AvgIpc) is 2.46. The van der Waals surface area contributed by atoms with Gasteiger partial charge >= 0.3 is 5.97 Å². The molecule has 1 aromatic heterocycles. The minimum absolute atomic E-state index is 0.144. The van der Waals surface area contributed by atoms with Crippen molar-refractivity contribution in [3.05, 3.63) is 28.5 Å². The van der Waals surface area contributed by atoms with Crippen LogP contribution in [0.25, 0.3) is 0 Å². The Balaban J connectivity index is 2.78. The quantitative estimate of drug-likeness (QED) is 0.690. The molecule has 0 radical (unpaired) electrons. The smallest absolute Gasteiger partial charge is 0.307 e. The maximum atomic E-state index is 12.5. The Kier molecular flexibility index (Phi) is 7.31. The van der Waals surface area contributed by atoms with E-state index in [4.69, 9.17) is 0 Å². The van der Waals surface area contributed by atoms with Gasteiger partial charge in [-0.15, -0.1) is 0 Å². The number of nitrogens with zero attached hydrogens (tertiary/aromatic N) is 3. The van der Waals surface area contributed by atoms with Gasteiger partial charge < -0.3 is 14.5 Å². The van der Waals surface area contributed by atoms with Gasteiger partial charge in [-0.3, -0.25) is 14.6 Å². The highest BCUT2D eigenvalue weighted by atomic mass is 79.9. The summed E-state index contributed by atoms with van der Waals surface area (Å²) in [6.45, 7) is 1.58. The van der Waals surface area contributed by atoms with E-state index < -0.39 is 0 Å². The first kappa shape index (κ1) is 17.6. The Morgan fingerprint density at radius 1 is 1.24 bits per heavy atom. The number of likely N-dealkylation sites (N-methyl/N-ethyl adjacent to an activating group) is 1. The molecule has 0 aliphatic rings. The van der Waals surface area contributed by atoms with Crippen LogP contribution in [-0.4, -0.2) is 67.5 Å². The number of pyridine rings is 1. The Bertz CT molecular complexity index is 494. The number of carbonyl (C=O) groups is 2. The van der Waals surface area contributed by atoms with Gasteiger partial charge in [0, 0.05) is 36.5 Å². The van der Waals surface area contributed by atoms with Gasteiger partial charge in [-0.1, -0.05) is 0 Å². The van der Waals surface area contributed by atoms with Gasteiger partial charge in [0.25, 0.3) is 5.91 Å². The first-order chi connectivity index (χ1) is 9.93. The van der Waals surface area contributed by atoms with Crippen molar-refractivity contribution in [3.63, 3.8) is 0 Å². The van der Waals surface area contributed by atoms with Crippen LogP contribution < -0.4 is 0 Å². The number of esters is 1. The van der Waals surface area contributed by atoms with E-state index in [1.54, 1.807) is 17.2 Å². The van der Waals surface area contributed by atoms with Gasteiger partial charge in [-0.05, 0) is 36.1 Å². The lowest BCUT2D eigenvalue weighted by Crippen LogP contribution is -2.38. The molecule has 0 spiro atoms. The first-order valence-electron chi connectivity index (χ1n) is 6.55. The standard InChI is InChI=1S/C14H20BrN3O3/c1-17(2)6-7-18(5-4-13(19)21-3)14(20)11-8-12(15)10-16-9-11/h8-10H,4-7H2,1-3H3. The van der Waals surface area contributed by atoms with Gasteiger partial charge in [0.15, 0.2) is 0 Å². The fraction of sp³-hybridized carbons (Fsp3) is 0.500. The number of amides is 1. The molecule has 0 aliphatic carbocycles. The first-order valence-corrected chi connectivity index (χ1v) is 7.34. The Hall–Kier alpha value is -1.47. The third-order valence-corrected chi connectivity index (χ3v) is 3.30. The minimum Gasteiger partial charge on any atom is -0.469 e. The van der Waals surface area contributed by atoms with Crippen LogP contribution in [0.5, 0.6) is 0 Å². The van der Waals surface area contributed by atoms with E-state index in [-0.39, 0.29) is 18.3 Å². The molecule has 0 fully saturated rings. The number of hydrogen-bond acceptors (Lipinski definition) is 5. The second-order valence-electron chi connectivity index (χ2n) is 4.81. The molecule has 0 bridgehead atoms. The molecule has 0 saturated carbocycles. The third-order valence-electron chi connectivity index (χ3n) is 2.87. The van der Waals surface area contributed by atoms with Crippen LogP contribution in [0.3, 0.4) is 0 Å². The van der Waals surface area contributed by atoms with E-state index in [1.807, 2.05) is 19.0 Å². The topological polar surface area (TPSA) is 62.7 Å². The number of rotatable bonds is 7. The number of carbonyl (C=O) groups excluding carboxylic acids is 2. The molecule has 7 heteroatoms. The van der Waals surface area contributed by atoms with E-state index in [9.17, 15) is 9.59 Å². The molecule has 6 nitrogen and oxygen atoms in total. The predicted octanol–water partition coefficient (Wildman–Crippen LogP) is 1.41. The van der Waals surface area contributed by atoms with E-state index in [0.29, 0.717) is 25.2 Å². The fourth-order valence-electron chi connectivity index (χ4n) is 1.68. The molecule has 1 amide bonds. The van der Waals surface area contributed by atoms with Crippen LogP contribution in [0.4, 0.5) is 0 Å². The molecule has 0 saturated heterocycles. The molecule has 1 rings (SSSR count). The van der Waals surface area contributed by atoms with Crippen molar-refractivity contribution in [2.24, 2.45) is 0 Å². The van der Waals surface area contributed by atoms with Gasteiger partial charge in [-0.2, -0.15) is 0 Å². The van der Waals surface area contributed by atoms with Crippen molar-refractivity contribution in [2.45, 2.75) is 6.42 Å². The Labute approximate surface area is 133 Å². The number of hydrogen-bond donors (Lipinski definition) is 0. The third kappa shape index (κ3) is 6.22. The molecular weight excluding hydrogens is 338 g/mol. The van der Waals surface area contributed by atoms with E-state index in [0.717, 1.165) is 4.47 Å². The Morgan fingerprint density at radius 3 is 2.52 bits per heavy atom. The molecule has 0 aromatic carbocycles. The summed E-state index contributed by atoms with van der Waals surface area (Å²) in [6, 6.07) is 1.72. The lowest BCUT2D eigenvalue weighted by molar-refractivity contribution is -0.140. The molecule has 21 heavy (non-hydrogen) atoms. The number of methoxy groups -OCH3 is 1. The largest absolute Gasteiger partial charge is 0.469 e. The summed E-state index contributed by atoms with van der Waals surface area (Å²) in [5, 5.41) is 0. The fourth-order valence-corrected chi connectivity index (χ4v) is 2.04. The van der Waals surface area contributed by atoms with Crippen molar-refractivity contribution in [1.29, 1.82) is 0 Å². The van der Waals surface area contributed by atoms with Gasteiger partial charge in [0.05, 0.1) is 19.1 Å².